The molecule has 12 heteroatoms. The Labute approximate surface area is 180 Å². The van der Waals surface area contributed by atoms with Crippen molar-refractivity contribution in [2.45, 2.75) is 77.1 Å². The van der Waals surface area contributed by atoms with Crippen LogP contribution in [0.5, 0.6) is 0 Å². The molecule has 0 fully saturated rings. The van der Waals surface area contributed by atoms with Crippen molar-refractivity contribution in [3.63, 3.8) is 0 Å². The zero-order valence-corrected chi connectivity index (χ0v) is 17.8. The number of hydrogen-bond donors (Lipinski definition) is 0. The molecule has 0 amide bonds. The second-order valence-corrected chi connectivity index (χ2v) is 7.27. The number of hydrogen-bond acceptors (Lipinski definition) is 4. The zero-order valence-electron chi connectivity index (χ0n) is 17.8. The van der Waals surface area contributed by atoms with E-state index in [1.807, 2.05) is 26.8 Å². The van der Waals surface area contributed by atoms with Gasteiger partial charge in [0.25, 0.3) is 0 Å². The highest BCUT2D eigenvalue weighted by atomic mass is 19.4. The van der Waals surface area contributed by atoms with Crippen LogP contribution in [-0.2, 0) is 19.1 Å². The summed E-state index contributed by atoms with van der Waals surface area (Å²) in [6.45, 7) is 3.22. The fourth-order valence-corrected chi connectivity index (χ4v) is 2.13. The van der Waals surface area contributed by atoms with Crippen molar-refractivity contribution in [3.05, 3.63) is 23.3 Å². The van der Waals surface area contributed by atoms with Crippen LogP contribution in [0.2, 0.25) is 0 Å². The summed E-state index contributed by atoms with van der Waals surface area (Å²) in [6, 6.07) is 0. The van der Waals surface area contributed by atoms with Crippen molar-refractivity contribution in [1.82, 2.24) is 0 Å². The molecule has 0 aromatic heterocycles. The number of alkyl halides is 8. The lowest BCUT2D eigenvalue weighted by Gasteiger charge is -2.31. The summed E-state index contributed by atoms with van der Waals surface area (Å²) in [5, 5.41) is 0. The third-order valence-corrected chi connectivity index (χ3v) is 4.10. The Hall–Kier alpha value is -2.14. The molecule has 0 rings (SSSR count). The van der Waals surface area contributed by atoms with Crippen LogP contribution in [0, 0.1) is 0 Å². The Morgan fingerprint density at radius 3 is 1.88 bits per heavy atom. The summed E-state index contributed by atoms with van der Waals surface area (Å²) in [5.41, 5.74) is 2.15. The van der Waals surface area contributed by atoms with Gasteiger partial charge in [-0.2, -0.15) is 26.3 Å². The molecule has 0 heterocycles. The molecular formula is C20H26F8O4. The molecule has 0 aliphatic heterocycles. The Morgan fingerprint density at radius 1 is 0.844 bits per heavy atom. The first-order valence-corrected chi connectivity index (χ1v) is 9.56. The summed E-state index contributed by atoms with van der Waals surface area (Å²) in [7, 11) is 0. The monoisotopic (exact) mass is 482 g/mol. The molecule has 0 aromatic carbocycles. The Morgan fingerprint density at radius 2 is 1.38 bits per heavy atom. The van der Waals surface area contributed by atoms with Crippen molar-refractivity contribution >= 4 is 11.9 Å². The highest BCUT2D eigenvalue weighted by Crippen LogP contribution is 2.48. The van der Waals surface area contributed by atoms with Crippen LogP contribution in [-0.4, -0.2) is 49.3 Å². The van der Waals surface area contributed by atoms with Gasteiger partial charge in [0.15, 0.2) is 6.61 Å². The molecular weight excluding hydrogens is 456 g/mol. The fourth-order valence-electron chi connectivity index (χ4n) is 2.13. The smallest absolute Gasteiger partial charge is 0.381 e. The lowest BCUT2D eigenvalue weighted by Crippen LogP contribution is -2.59. The van der Waals surface area contributed by atoms with Crippen LogP contribution < -0.4 is 0 Å². The average Bonchev–Trinajstić information content (AvgIpc) is 2.65. The topological polar surface area (TPSA) is 52.6 Å². The molecule has 32 heavy (non-hydrogen) atoms. The lowest BCUT2D eigenvalue weighted by molar-refractivity contribution is -0.344. The van der Waals surface area contributed by atoms with Crippen LogP contribution in [0.3, 0.4) is 0 Å². The van der Waals surface area contributed by atoms with E-state index in [0.29, 0.717) is 0 Å². The SMILES string of the molecule is CC(C)=CCC/C(C)=C/COC(=O)CCCC(=O)OCC(F)(F)C(F)(F)C(F)(F)C(F)F. The molecule has 0 atom stereocenters. The third kappa shape index (κ3) is 9.56. The van der Waals surface area contributed by atoms with E-state index in [9.17, 15) is 44.7 Å². The maximum atomic E-state index is 13.3. The summed E-state index contributed by atoms with van der Waals surface area (Å²) < 4.78 is 111. The highest BCUT2D eigenvalue weighted by molar-refractivity contribution is 5.72. The number of allylic oxidation sites excluding steroid dienone is 3. The molecule has 0 unspecified atom stereocenters. The lowest BCUT2D eigenvalue weighted by atomic mass is 10.1. The summed E-state index contributed by atoms with van der Waals surface area (Å²) in [5.74, 6) is -20.7. The van der Waals surface area contributed by atoms with E-state index in [0.717, 1.165) is 18.4 Å². The first-order valence-electron chi connectivity index (χ1n) is 9.56. The molecule has 0 aliphatic carbocycles. The Bertz CT molecular complexity index is 683. The number of carbonyl (C=O) groups is 2. The molecule has 0 aliphatic rings. The van der Waals surface area contributed by atoms with Gasteiger partial charge in [0, 0.05) is 12.8 Å². The van der Waals surface area contributed by atoms with Gasteiger partial charge in [-0.05, 0) is 46.1 Å². The second-order valence-electron chi connectivity index (χ2n) is 7.27. The molecule has 0 saturated heterocycles. The van der Waals surface area contributed by atoms with Gasteiger partial charge in [0.1, 0.15) is 6.61 Å². The molecule has 0 aromatic rings. The summed E-state index contributed by atoms with van der Waals surface area (Å²) in [6.07, 6.45) is -0.994. The van der Waals surface area contributed by atoms with Crippen molar-refractivity contribution in [1.29, 1.82) is 0 Å². The number of halogens is 8. The minimum Gasteiger partial charge on any atom is -0.461 e. The quantitative estimate of drug-likeness (QED) is 0.170. The van der Waals surface area contributed by atoms with E-state index >= 15 is 0 Å². The van der Waals surface area contributed by atoms with E-state index in [2.05, 4.69) is 4.74 Å². The van der Waals surface area contributed by atoms with Crippen molar-refractivity contribution < 1.29 is 54.2 Å². The van der Waals surface area contributed by atoms with Gasteiger partial charge in [0.05, 0.1) is 0 Å². The number of carbonyl (C=O) groups excluding carboxylic acids is 2. The van der Waals surface area contributed by atoms with Crippen LogP contribution in [0.1, 0.15) is 52.9 Å². The van der Waals surface area contributed by atoms with Crippen molar-refractivity contribution in [2.75, 3.05) is 13.2 Å². The molecule has 186 valence electrons. The van der Waals surface area contributed by atoms with Gasteiger partial charge < -0.3 is 9.47 Å². The predicted octanol–water partition coefficient (Wildman–Crippen LogP) is 6.11. The standard InChI is InChI=1S/C20H26F8O4/c1-13(2)6-4-7-14(3)10-11-31-15(29)8-5-9-16(30)32-12-18(23,24)20(27,28)19(25,26)17(21)22/h6,10,17H,4-5,7-9,11-12H2,1-3H3/b14-10+. The maximum Gasteiger partial charge on any atom is 0.381 e. The van der Waals surface area contributed by atoms with Gasteiger partial charge >= 0.3 is 36.1 Å². The predicted molar refractivity (Wildman–Crippen MR) is 99.0 cm³/mol. The number of rotatable bonds is 14. The van der Waals surface area contributed by atoms with Crippen molar-refractivity contribution in [3.8, 4) is 0 Å². The van der Waals surface area contributed by atoms with Crippen LogP contribution >= 0.6 is 0 Å². The molecule has 0 spiro atoms. The van der Waals surface area contributed by atoms with Gasteiger partial charge in [-0.25, -0.2) is 8.78 Å². The van der Waals surface area contributed by atoms with E-state index in [1.165, 1.54) is 5.57 Å². The zero-order chi connectivity index (χ0) is 25.2. The second kappa shape index (κ2) is 12.8. The molecule has 0 bridgehead atoms. The average molecular weight is 482 g/mol. The highest BCUT2D eigenvalue weighted by Gasteiger charge is 2.75. The molecule has 0 saturated carbocycles. The van der Waals surface area contributed by atoms with E-state index < -0.39 is 49.2 Å². The van der Waals surface area contributed by atoms with Crippen LogP contribution in [0.15, 0.2) is 23.3 Å². The first-order chi connectivity index (χ1) is 14.5. The maximum absolute atomic E-state index is 13.3. The largest absolute Gasteiger partial charge is 0.461 e. The van der Waals surface area contributed by atoms with Gasteiger partial charge in [0.2, 0.25) is 0 Å². The van der Waals surface area contributed by atoms with E-state index in [4.69, 9.17) is 4.74 Å². The molecule has 0 N–H and O–H groups in total. The minimum atomic E-state index is -6.45. The third-order valence-electron chi connectivity index (χ3n) is 4.10. The summed E-state index contributed by atoms with van der Waals surface area (Å²) >= 11 is 0. The van der Waals surface area contributed by atoms with Crippen molar-refractivity contribution in [2.24, 2.45) is 0 Å². The van der Waals surface area contributed by atoms with Crippen LogP contribution in [0.25, 0.3) is 0 Å². The van der Waals surface area contributed by atoms with Gasteiger partial charge in [-0.1, -0.05) is 17.2 Å². The van der Waals surface area contributed by atoms with Gasteiger partial charge in [-0.3, -0.25) is 9.59 Å². The molecule has 4 nitrogen and oxygen atoms in total. The summed E-state index contributed by atoms with van der Waals surface area (Å²) in [4.78, 5) is 22.9. The normalized spacial score (nSPS) is 13.2. The Kier molecular flexibility index (Phi) is 11.9. The first kappa shape index (κ1) is 29.9. The number of ether oxygens (including phenoxy) is 2. The van der Waals surface area contributed by atoms with Crippen LogP contribution in [0.4, 0.5) is 35.1 Å². The van der Waals surface area contributed by atoms with E-state index in [1.54, 1.807) is 6.08 Å². The fraction of sp³-hybridized carbons (Fsp3) is 0.700. The Balaban J connectivity index is 4.35. The molecule has 0 radical (unpaired) electrons. The van der Waals surface area contributed by atoms with Gasteiger partial charge in [-0.15, -0.1) is 0 Å². The minimum absolute atomic E-state index is 0.0242. The number of esters is 2. The van der Waals surface area contributed by atoms with E-state index in [-0.39, 0.29) is 19.4 Å².